The predicted octanol–water partition coefficient (Wildman–Crippen LogP) is 4.88. The van der Waals surface area contributed by atoms with Crippen LogP contribution in [0.1, 0.15) is 50.8 Å². The summed E-state index contributed by atoms with van der Waals surface area (Å²) in [5.74, 6) is 6.55. The third kappa shape index (κ3) is 3.78. The molecule has 1 heteroatoms. The van der Waals surface area contributed by atoms with E-state index in [1.54, 1.807) is 0 Å². The van der Waals surface area contributed by atoms with E-state index in [1.165, 1.54) is 16.7 Å². The molecular weight excluding hydrogens is 244 g/mol. The molecular formula is C19H22O. The minimum absolute atomic E-state index is 0.0276. The van der Waals surface area contributed by atoms with Gasteiger partial charge in [0.1, 0.15) is 0 Å². The van der Waals surface area contributed by atoms with Gasteiger partial charge in [-0.05, 0) is 62.9 Å². The summed E-state index contributed by atoms with van der Waals surface area (Å²) in [7, 11) is 0. The highest BCUT2D eigenvalue weighted by Gasteiger charge is 2.11. The number of fused-ring (bicyclic) bond motifs is 1. The van der Waals surface area contributed by atoms with Gasteiger partial charge in [0.15, 0.2) is 0 Å². The molecule has 0 saturated carbocycles. The summed E-state index contributed by atoms with van der Waals surface area (Å²) >= 11 is 0. The Hall–Kier alpha value is -1.94. The molecule has 1 aliphatic rings. The van der Waals surface area contributed by atoms with Crippen molar-refractivity contribution in [3.05, 3.63) is 47.2 Å². The summed E-state index contributed by atoms with van der Waals surface area (Å²) < 4.78 is 5.45. The molecule has 0 bridgehead atoms. The number of hydrogen-bond donors (Lipinski definition) is 0. The van der Waals surface area contributed by atoms with E-state index in [0.29, 0.717) is 6.61 Å². The van der Waals surface area contributed by atoms with Gasteiger partial charge in [0.05, 0.1) is 12.9 Å². The van der Waals surface area contributed by atoms with Crippen LogP contribution in [0.25, 0.3) is 11.6 Å². The van der Waals surface area contributed by atoms with Crippen LogP contribution in [-0.4, -0.2) is 6.61 Å². The number of allylic oxidation sites excluding steroid dienone is 2. The summed E-state index contributed by atoms with van der Waals surface area (Å²) in [4.78, 5) is 0. The van der Waals surface area contributed by atoms with Gasteiger partial charge in [-0.2, -0.15) is 0 Å². The zero-order valence-corrected chi connectivity index (χ0v) is 12.8. The fraction of sp³-hybridized carbons (Fsp3) is 0.368. The minimum atomic E-state index is 0.0276. The van der Waals surface area contributed by atoms with Crippen LogP contribution in [0.2, 0.25) is 0 Å². The molecule has 0 N–H and O–H groups in total. The lowest BCUT2D eigenvalue weighted by Gasteiger charge is -2.14. The highest BCUT2D eigenvalue weighted by Crippen LogP contribution is 2.29. The smallest absolute Gasteiger partial charge is 0.0870 e. The molecule has 0 aromatic heterocycles. The second-order valence-electron chi connectivity index (χ2n) is 6.01. The van der Waals surface area contributed by atoms with Crippen LogP contribution in [0.15, 0.2) is 30.5 Å². The Kier molecular flexibility index (Phi) is 4.35. The molecule has 104 valence electrons. The van der Waals surface area contributed by atoms with Crippen molar-refractivity contribution in [1.82, 2.24) is 0 Å². The van der Waals surface area contributed by atoms with Gasteiger partial charge in [-0.3, -0.25) is 0 Å². The van der Waals surface area contributed by atoms with E-state index in [1.807, 2.05) is 13.2 Å². The standard InChI is InChI=1S/C19H22O/c1-5-20-14-17-8-6-7-16-10-9-15(13-18(16)17)11-12-19(2,3)4/h6-7,9-10,13-14H,5,8H2,1-4H3. The molecule has 1 aromatic rings. The predicted molar refractivity (Wildman–Crippen MR) is 86.0 cm³/mol. The maximum atomic E-state index is 5.45. The van der Waals surface area contributed by atoms with E-state index in [0.717, 1.165) is 12.0 Å². The average Bonchev–Trinajstić information content (AvgIpc) is 2.42. The van der Waals surface area contributed by atoms with E-state index >= 15 is 0 Å². The Bertz CT molecular complexity index is 601. The van der Waals surface area contributed by atoms with Gasteiger partial charge in [0, 0.05) is 11.0 Å². The van der Waals surface area contributed by atoms with Crippen LogP contribution in [0.3, 0.4) is 0 Å². The summed E-state index contributed by atoms with van der Waals surface area (Å²) in [6, 6.07) is 6.39. The first-order chi connectivity index (χ1) is 9.49. The van der Waals surface area contributed by atoms with Crippen molar-refractivity contribution in [2.24, 2.45) is 5.41 Å². The van der Waals surface area contributed by atoms with E-state index < -0.39 is 0 Å². The highest BCUT2D eigenvalue weighted by molar-refractivity contribution is 5.79. The molecule has 0 atom stereocenters. The molecule has 0 amide bonds. The zero-order chi connectivity index (χ0) is 14.6. The largest absolute Gasteiger partial charge is 0.501 e. The average molecular weight is 266 g/mol. The molecule has 0 aliphatic heterocycles. The van der Waals surface area contributed by atoms with Crippen molar-refractivity contribution >= 4 is 11.6 Å². The summed E-state index contributed by atoms with van der Waals surface area (Å²) in [5, 5.41) is 0. The molecule has 0 unspecified atom stereocenters. The first-order valence-corrected chi connectivity index (χ1v) is 7.14. The van der Waals surface area contributed by atoms with Crippen LogP contribution in [0.5, 0.6) is 0 Å². The lowest BCUT2D eigenvalue weighted by atomic mass is 9.91. The van der Waals surface area contributed by atoms with Gasteiger partial charge < -0.3 is 4.74 Å². The van der Waals surface area contributed by atoms with Gasteiger partial charge in [-0.15, -0.1) is 0 Å². The maximum Gasteiger partial charge on any atom is 0.0870 e. The lowest BCUT2D eigenvalue weighted by Crippen LogP contribution is -2.00. The van der Waals surface area contributed by atoms with Crippen LogP contribution in [0, 0.1) is 17.3 Å². The number of ether oxygens (including phenoxy) is 1. The minimum Gasteiger partial charge on any atom is -0.501 e. The van der Waals surface area contributed by atoms with Gasteiger partial charge in [-0.25, -0.2) is 0 Å². The molecule has 20 heavy (non-hydrogen) atoms. The normalized spacial score (nSPS) is 15.5. The Labute approximate surface area is 122 Å². The van der Waals surface area contributed by atoms with Crippen LogP contribution in [-0.2, 0) is 4.74 Å². The Morgan fingerprint density at radius 1 is 1.30 bits per heavy atom. The summed E-state index contributed by atoms with van der Waals surface area (Å²) in [5.41, 5.74) is 4.80. The molecule has 1 aromatic carbocycles. The van der Waals surface area contributed by atoms with E-state index in [2.05, 4.69) is 63.0 Å². The highest BCUT2D eigenvalue weighted by atomic mass is 16.5. The van der Waals surface area contributed by atoms with Crippen LogP contribution in [0.4, 0.5) is 0 Å². The van der Waals surface area contributed by atoms with Crippen molar-refractivity contribution in [1.29, 1.82) is 0 Å². The summed E-state index contributed by atoms with van der Waals surface area (Å²) in [6.45, 7) is 9.08. The van der Waals surface area contributed by atoms with Crippen LogP contribution >= 0.6 is 0 Å². The van der Waals surface area contributed by atoms with Crippen molar-refractivity contribution in [3.8, 4) is 11.8 Å². The Balaban J connectivity index is 2.37. The van der Waals surface area contributed by atoms with E-state index in [-0.39, 0.29) is 5.41 Å². The topological polar surface area (TPSA) is 9.23 Å². The third-order valence-electron chi connectivity index (χ3n) is 3.01. The Morgan fingerprint density at radius 2 is 2.10 bits per heavy atom. The van der Waals surface area contributed by atoms with Crippen molar-refractivity contribution in [2.45, 2.75) is 34.1 Å². The van der Waals surface area contributed by atoms with E-state index in [9.17, 15) is 0 Å². The summed E-state index contributed by atoms with van der Waals surface area (Å²) in [6.07, 6.45) is 7.14. The number of benzene rings is 1. The molecule has 0 spiro atoms. The molecule has 0 radical (unpaired) electrons. The molecule has 0 fully saturated rings. The van der Waals surface area contributed by atoms with Crippen molar-refractivity contribution in [2.75, 3.05) is 6.61 Å². The third-order valence-corrected chi connectivity index (χ3v) is 3.01. The van der Waals surface area contributed by atoms with Gasteiger partial charge in [0.25, 0.3) is 0 Å². The van der Waals surface area contributed by atoms with Crippen LogP contribution < -0.4 is 0 Å². The zero-order valence-electron chi connectivity index (χ0n) is 12.8. The van der Waals surface area contributed by atoms with E-state index in [4.69, 9.17) is 4.74 Å². The second kappa shape index (κ2) is 6.01. The number of rotatable bonds is 2. The first kappa shape index (κ1) is 14.5. The molecule has 0 saturated heterocycles. The molecule has 1 nitrogen and oxygen atoms in total. The molecule has 0 heterocycles. The number of hydrogen-bond acceptors (Lipinski definition) is 1. The quantitative estimate of drug-likeness (QED) is 0.547. The molecule has 1 aliphatic carbocycles. The van der Waals surface area contributed by atoms with Crippen molar-refractivity contribution < 1.29 is 4.74 Å². The monoisotopic (exact) mass is 266 g/mol. The van der Waals surface area contributed by atoms with Gasteiger partial charge in [0.2, 0.25) is 0 Å². The fourth-order valence-corrected chi connectivity index (χ4v) is 2.04. The molecule has 2 rings (SSSR count). The first-order valence-electron chi connectivity index (χ1n) is 7.14. The van der Waals surface area contributed by atoms with Gasteiger partial charge >= 0.3 is 0 Å². The SMILES string of the molecule is CCOC=C1CC=Cc2ccc(C#CC(C)(C)C)cc21. The fourth-order valence-electron chi connectivity index (χ4n) is 2.04. The maximum absolute atomic E-state index is 5.45. The lowest BCUT2D eigenvalue weighted by molar-refractivity contribution is 0.270. The van der Waals surface area contributed by atoms with Crippen molar-refractivity contribution in [3.63, 3.8) is 0 Å². The second-order valence-corrected chi connectivity index (χ2v) is 6.01. The Morgan fingerprint density at radius 3 is 2.80 bits per heavy atom. The van der Waals surface area contributed by atoms with Gasteiger partial charge in [-0.1, -0.05) is 30.1 Å².